The van der Waals surface area contributed by atoms with Gasteiger partial charge in [0.15, 0.2) is 0 Å². The first-order chi connectivity index (χ1) is 12.4. The van der Waals surface area contributed by atoms with Gasteiger partial charge in [-0.25, -0.2) is 0 Å². The minimum Gasteiger partial charge on any atom is -0.309 e. The molecule has 0 atom stereocenters. The van der Waals surface area contributed by atoms with Crippen LogP contribution in [-0.4, -0.2) is 4.57 Å². The van der Waals surface area contributed by atoms with E-state index in [1.54, 1.807) is 0 Å². The average molecular weight is 323 g/mol. The number of nitrogens with zero attached hydrogens (tertiary/aromatic N) is 1. The summed E-state index contributed by atoms with van der Waals surface area (Å²) in [5.74, 6) is 0. The first-order valence-corrected chi connectivity index (χ1v) is 8.74. The molecular formula is C24H21N. The standard InChI is InChI=1S/C24H21N/c1-2-3-5-11-19-12-10-17-24-22(18-19)21-15-8-9-16-23(21)25(24)20-13-6-4-7-14-20/h2-11,13-18H,12H2,1H3/b3-2-,11-5-. The van der Waals surface area contributed by atoms with Crippen molar-refractivity contribution in [1.29, 1.82) is 0 Å². The Hall–Kier alpha value is -3.06. The highest BCUT2D eigenvalue weighted by molar-refractivity contribution is 5.96. The lowest BCUT2D eigenvalue weighted by Gasteiger charge is -2.08. The van der Waals surface area contributed by atoms with E-state index >= 15 is 0 Å². The second-order valence-electron chi connectivity index (χ2n) is 6.20. The van der Waals surface area contributed by atoms with E-state index in [2.05, 4.69) is 102 Å². The fourth-order valence-electron chi connectivity index (χ4n) is 3.41. The molecule has 0 unspecified atom stereocenters. The topological polar surface area (TPSA) is 4.93 Å². The van der Waals surface area contributed by atoms with Crippen molar-refractivity contribution in [3.05, 3.63) is 102 Å². The number of benzene rings is 2. The third kappa shape index (κ3) is 2.89. The molecule has 0 N–H and O–H groups in total. The van der Waals surface area contributed by atoms with Gasteiger partial charge in [0.1, 0.15) is 0 Å². The van der Waals surface area contributed by atoms with Crippen LogP contribution in [0.5, 0.6) is 0 Å². The van der Waals surface area contributed by atoms with E-state index in [-0.39, 0.29) is 0 Å². The predicted octanol–water partition coefficient (Wildman–Crippen LogP) is 6.56. The molecule has 0 fully saturated rings. The summed E-state index contributed by atoms with van der Waals surface area (Å²) in [7, 11) is 0. The molecule has 1 aliphatic rings. The number of hydrogen-bond donors (Lipinski definition) is 0. The van der Waals surface area contributed by atoms with Gasteiger partial charge in [-0.15, -0.1) is 0 Å². The minimum absolute atomic E-state index is 0.950. The number of hydrogen-bond acceptors (Lipinski definition) is 0. The molecule has 3 aromatic rings. The molecule has 122 valence electrons. The Labute approximate surface area is 148 Å². The van der Waals surface area contributed by atoms with Crippen LogP contribution in [0.1, 0.15) is 24.6 Å². The summed E-state index contributed by atoms with van der Waals surface area (Å²) in [6, 6.07) is 19.2. The Bertz CT molecular complexity index is 1010. The molecule has 0 spiro atoms. The van der Waals surface area contributed by atoms with Crippen LogP contribution < -0.4 is 0 Å². The fraction of sp³-hybridized carbons (Fsp3) is 0.0833. The van der Waals surface area contributed by atoms with Gasteiger partial charge >= 0.3 is 0 Å². The summed E-state index contributed by atoms with van der Waals surface area (Å²) >= 11 is 0. The maximum Gasteiger partial charge on any atom is 0.0541 e. The smallest absolute Gasteiger partial charge is 0.0541 e. The van der Waals surface area contributed by atoms with Crippen LogP contribution in [-0.2, 0) is 0 Å². The van der Waals surface area contributed by atoms with E-state index in [4.69, 9.17) is 0 Å². The number of fused-ring (bicyclic) bond motifs is 3. The van der Waals surface area contributed by atoms with E-state index in [0.717, 1.165) is 6.42 Å². The molecule has 25 heavy (non-hydrogen) atoms. The van der Waals surface area contributed by atoms with Crippen LogP contribution in [0.15, 0.2) is 90.6 Å². The highest BCUT2D eigenvalue weighted by Gasteiger charge is 2.16. The van der Waals surface area contributed by atoms with Crippen molar-refractivity contribution in [3.8, 4) is 5.69 Å². The van der Waals surface area contributed by atoms with E-state index in [1.807, 2.05) is 6.92 Å². The second kappa shape index (κ2) is 6.82. The van der Waals surface area contributed by atoms with Crippen LogP contribution in [0.2, 0.25) is 0 Å². The zero-order valence-corrected chi connectivity index (χ0v) is 14.4. The van der Waals surface area contributed by atoms with Gasteiger partial charge in [-0.1, -0.05) is 66.8 Å². The van der Waals surface area contributed by atoms with Crippen molar-refractivity contribution >= 4 is 23.1 Å². The lowest BCUT2D eigenvalue weighted by molar-refractivity contribution is 1.10. The van der Waals surface area contributed by atoms with Crippen molar-refractivity contribution in [3.63, 3.8) is 0 Å². The summed E-state index contributed by atoms with van der Waals surface area (Å²) in [5, 5.41) is 1.30. The highest BCUT2D eigenvalue weighted by atomic mass is 15.0. The van der Waals surface area contributed by atoms with Gasteiger partial charge in [0.25, 0.3) is 0 Å². The SMILES string of the molecule is C/C=C\C=C/C1=Cc2c(n(-c3ccccc3)c3ccccc23)C=CC1. The number of aromatic nitrogens is 1. The quantitative estimate of drug-likeness (QED) is 0.481. The van der Waals surface area contributed by atoms with Crippen LogP contribution in [0.3, 0.4) is 0 Å². The van der Waals surface area contributed by atoms with E-state index < -0.39 is 0 Å². The maximum absolute atomic E-state index is 2.36. The summed E-state index contributed by atoms with van der Waals surface area (Å²) in [5.41, 5.74) is 6.32. The average Bonchev–Trinajstić information content (AvgIpc) is 2.81. The van der Waals surface area contributed by atoms with E-state index in [1.165, 1.54) is 33.4 Å². The first kappa shape index (κ1) is 15.5. The van der Waals surface area contributed by atoms with Gasteiger partial charge in [0.05, 0.1) is 11.2 Å². The third-order valence-electron chi connectivity index (χ3n) is 4.54. The van der Waals surface area contributed by atoms with Gasteiger partial charge in [0, 0.05) is 16.6 Å². The van der Waals surface area contributed by atoms with Crippen LogP contribution in [0, 0.1) is 0 Å². The molecule has 0 bridgehead atoms. The Morgan fingerprint density at radius 2 is 1.72 bits per heavy atom. The van der Waals surface area contributed by atoms with Crippen molar-refractivity contribution < 1.29 is 0 Å². The van der Waals surface area contributed by atoms with E-state index in [0.29, 0.717) is 0 Å². The molecule has 1 nitrogen and oxygen atoms in total. The highest BCUT2D eigenvalue weighted by Crippen LogP contribution is 2.34. The first-order valence-electron chi connectivity index (χ1n) is 8.74. The summed E-state index contributed by atoms with van der Waals surface area (Å²) < 4.78 is 2.36. The zero-order valence-electron chi connectivity index (χ0n) is 14.4. The third-order valence-corrected chi connectivity index (χ3v) is 4.54. The van der Waals surface area contributed by atoms with Gasteiger partial charge in [-0.2, -0.15) is 0 Å². The molecule has 1 heterocycles. The van der Waals surface area contributed by atoms with Crippen LogP contribution >= 0.6 is 0 Å². The summed E-state index contributed by atoms with van der Waals surface area (Å²) in [6.07, 6.45) is 16.2. The van der Waals surface area contributed by atoms with Crippen molar-refractivity contribution in [2.45, 2.75) is 13.3 Å². The number of rotatable bonds is 3. The van der Waals surface area contributed by atoms with Gasteiger partial charge in [-0.3, -0.25) is 0 Å². The lowest BCUT2D eigenvalue weighted by atomic mass is 10.1. The Kier molecular flexibility index (Phi) is 4.22. The van der Waals surface area contributed by atoms with Crippen LogP contribution in [0.25, 0.3) is 28.7 Å². The number of para-hydroxylation sites is 2. The molecule has 0 amide bonds. The Morgan fingerprint density at radius 1 is 0.920 bits per heavy atom. The van der Waals surface area contributed by atoms with Gasteiger partial charge in [0.2, 0.25) is 0 Å². The Morgan fingerprint density at radius 3 is 2.56 bits per heavy atom. The molecule has 2 aromatic carbocycles. The lowest BCUT2D eigenvalue weighted by Crippen LogP contribution is -1.96. The minimum atomic E-state index is 0.950. The Balaban J connectivity index is 1.97. The second-order valence-corrected chi connectivity index (χ2v) is 6.20. The zero-order chi connectivity index (χ0) is 17.1. The summed E-state index contributed by atoms with van der Waals surface area (Å²) in [6.45, 7) is 2.04. The molecule has 1 aliphatic carbocycles. The molecule has 4 rings (SSSR count). The van der Waals surface area contributed by atoms with E-state index in [9.17, 15) is 0 Å². The van der Waals surface area contributed by atoms with Crippen LogP contribution in [0.4, 0.5) is 0 Å². The van der Waals surface area contributed by atoms with Gasteiger partial charge in [-0.05, 0) is 49.3 Å². The molecular weight excluding hydrogens is 302 g/mol. The summed E-state index contributed by atoms with van der Waals surface area (Å²) in [4.78, 5) is 0. The monoisotopic (exact) mass is 323 g/mol. The fourth-order valence-corrected chi connectivity index (χ4v) is 3.41. The molecule has 0 saturated heterocycles. The van der Waals surface area contributed by atoms with Crippen molar-refractivity contribution in [2.75, 3.05) is 0 Å². The van der Waals surface area contributed by atoms with Crippen molar-refractivity contribution in [2.24, 2.45) is 0 Å². The van der Waals surface area contributed by atoms with Crippen molar-refractivity contribution in [1.82, 2.24) is 4.57 Å². The normalized spacial score (nSPS) is 14.2. The van der Waals surface area contributed by atoms with Gasteiger partial charge < -0.3 is 4.57 Å². The molecule has 1 aromatic heterocycles. The number of allylic oxidation sites excluding steroid dienone is 6. The molecule has 0 saturated carbocycles. The largest absolute Gasteiger partial charge is 0.309 e. The molecule has 0 radical (unpaired) electrons. The molecule has 1 heteroatoms. The predicted molar refractivity (Wildman–Crippen MR) is 109 cm³/mol. The maximum atomic E-state index is 2.36. The molecule has 0 aliphatic heterocycles.